The highest BCUT2D eigenvalue weighted by molar-refractivity contribution is 5.77. The molecule has 0 atom stereocenters. The third-order valence-corrected chi connectivity index (χ3v) is 7.13. The summed E-state index contributed by atoms with van der Waals surface area (Å²) < 4.78 is 0. The Kier molecular flexibility index (Phi) is 11.4. The van der Waals surface area contributed by atoms with E-state index in [4.69, 9.17) is 5.11 Å². The summed E-state index contributed by atoms with van der Waals surface area (Å²) in [6.45, 7) is 9.21. The summed E-state index contributed by atoms with van der Waals surface area (Å²) in [7, 11) is 0. The van der Waals surface area contributed by atoms with Crippen molar-refractivity contribution < 1.29 is 5.11 Å². The molecule has 43 heavy (non-hydrogen) atoms. The lowest BCUT2D eigenvalue weighted by Gasteiger charge is -2.27. The van der Waals surface area contributed by atoms with Crippen LogP contribution in [0.4, 0.5) is 22.7 Å². The lowest BCUT2D eigenvalue weighted by molar-refractivity contribution is 0.474. The number of allylic oxidation sites excluding steroid dienone is 7. The van der Waals surface area contributed by atoms with Crippen molar-refractivity contribution in [1.82, 2.24) is 0 Å². The van der Waals surface area contributed by atoms with Gasteiger partial charge in [-0.05, 0) is 110 Å². The summed E-state index contributed by atoms with van der Waals surface area (Å²) in [5.41, 5.74) is 10.3. The molecule has 0 aliphatic carbocycles. The maximum atomic E-state index is 9.13. The second kappa shape index (κ2) is 15.8. The Hall–Kier alpha value is -5.02. The Morgan fingerprint density at radius 3 is 1.98 bits per heavy atom. The summed E-state index contributed by atoms with van der Waals surface area (Å²) in [5.74, 6) is 0. The quantitative estimate of drug-likeness (QED) is 0.136. The maximum Gasteiger partial charge on any atom is 0.0791 e. The Labute approximate surface area is 257 Å². The first-order chi connectivity index (χ1) is 21.0. The molecule has 218 valence electrons. The first kappa shape index (κ1) is 30.9. The van der Waals surface area contributed by atoms with Crippen LogP contribution in [-0.4, -0.2) is 11.7 Å². The van der Waals surface area contributed by atoms with E-state index in [0.717, 1.165) is 36.3 Å². The van der Waals surface area contributed by atoms with E-state index in [9.17, 15) is 0 Å². The van der Waals surface area contributed by atoms with Gasteiger partial charge in [0.2, 0.25) is 0 Å². The van der Waals surface area contributed by atoms with Gasteiger partial charge in [-0.1, -0.05) is 91.9 Å². The van der Waals surface area contributed by atoms with Gasteiger partial charge >= 0.3 is 0 Å². The van der Waals surface area contributed by atoms with Crippen LogP contribution in [0.15, 0.2) is 158 Å². The van der Waals surface area contributed by atoms with Crippen molar-refractivity contribution in [2.45, 2.75) is 34.1 Å². The molecule has 0 fully saturated rings. The van der Waals surface area contributed by atoms with Gasteiger partial charge in [0, 0.05) is 35.0 Å². The standard InChI is InChI=1S/C40H42N2O/c1-5-15-34(18-14-28-41(37-20-8-7-9-21-37)39-22-12-16-32(3)30-39)35-24-26-38(27-25-35)42(36(6-2)19-10-11-29-43)40-23-13-17-33(4)31-40/h6-27,29-31,43H,5,28H2,1-4H3/b18-14-,19-10-,29-11+,34-15+,36-6+. The lowest BCUT2D eigenvalue weighted by Crippen LogP contribution is -2.16. The summed E-state index contributed by atoms with van der Waals surface area (Å²) in [6.07, 6.45) is 16.3. The second-order valence-corrected chi connectivity index (χ2v) is 10.4. The molecule has 4 aromatic carbocycles. The number of hydrogen-bond acceptors (Lipinski definition) is 3. The van der Waals surface area contributed by atoms with Crippen LogP contribution in [0.1, 0.15) is 37.0 Å². The monoisotopic (exact) mass is 566 g/mol. The average molecular weight is 567 g/mol. The number of aliphatic hydroxyl groups excluding tert-OH is 1. The largest absolute Gasteiger partial charge is 0.516 e. The fraction of sp³-hybridized carbons (Fsp3) is 0.150. The van der Waals surface area contributed by atoms with Crippen molar-refractivity contribution in [3.63, 3.8) is 0 Å². The maximum absolute atomic E-state index is 9.13. The predicted molar refractivity (Wildman–Crippen MR) is 186 cm³/mol. The van der Waals surface area contributed by atoms with Gasteiger partial charge in [-0.15, -0.1) is 0 Å². The van der Waals surface area contributed by atoms with Gasteiger partial charge in [0.15, 0.2) is 0 Å². The molecule has 0 spiro atoms. The van der Waals surface area contributed by atoms with Crippen molar-refractivity contribution in [2.24, 2.45) is 0 Å². The van der Waals surface area contributed by atoms with Crippen LogP contribution < -0.4 is 9.80 Å². The molecule has 1 N–H and O–H groups in total. The second-order valence-electron chi connectivity index (χ2n) is 10.4. The van der Waals surface area contributed by atoms with Gasteiger partial charge in [0.05, 0.1) is 6.26 Å². The van der Waals surface area contributed by atoms with E-state index >= 15 is 0 Å². The molecule has 0 heterocycles. The van der Waals surface area contributed by atoms with Gasteiger partial charge in [-0.2, -0.15) is 0 Å². The fourth-order valence-corrected chi connectivity index (χ4v) is 5.07. The highest BCUT2D eigenvalue weighted by atomic mass is 16.2. The molecule has 0 amide bonds. The molecule has 0 aliphatic heterocycles. The number of nitrogens with zero attached hydrogens (tertiary/aromatic N) is 2. The zero-order valence-electron chi connectivity index (χ0n) is 25.7. The van der Waals surface area contributed by atoms with E-state index < -0.39 is 0 Å². The zero-order chi connectivity index (χ0) is 30.4. The predicted octanol–water partition coefficient (Wildman–Crippen LogP) is 11.2. The number of aliphatic hydroxyl groups is 1. The van der Waals surface area contributed by atoms with Crippen LogP contribution in [0.25, 0.3) is 5.57 Å². The van der Waals surface area contributed by atoms with E-state index in [2.05, 4.69) is 158 Å². The van der Waals surface area contributed by atoms with E-state index in [-0.39, 0.29) is 0 Å². The first-order valence-electron chi connectivity index (χ1n) is 14.9. The SMILES string of the molecule is C\C=C(/C=C\C=C\O)N(c1ccc(C(/C=C\CN(c2ccccc2)c2cccc(C)c2)=C/CC)cc1)c1cccc(C)c1. The molecule has 0 saturated carbocycles. The van der Waals surface area contributed by atoms with Gasteiger partial charge in [-0.25, -0.2) is 0 Å². The summed E-state index contributed by atoms with van der Waals surface area (Å²) in [6, 6.07) is 36.5. The Balaban J connectivity index is 1.63. The van der Waals surface area contributed by atoms with Crippen LogP contribution in [0.3, 0.4) is 0 Å². The zero-order valence-corrected chi connectivity index (χ0v) is 25.7. The van der Waals surface area contributed by atoms with Crippen LogP contribution >= 0.6 is 0 Å². The molecule has 0 saturated heterocycles. The van der Waals surface area contributed by atoms with Crippen molar-refractivity contribution >= 4 is 28.3 Å². The summed E-state index contributed by atoms with van der Waals surface area (Å²) in [5, 5.41) is 9.13. The van der Waals surface area contributed by atoms with Crippen LogP contribution in [0.2, 0.25) is 0 Å². The van der Waals surface area contributed by atoms with Crippen molar-refractivity contribution in [3.8, 4) is 0 Å². The number of anilines is 4. The molecular weight excluding hydrogens is 524 g/mol. The minimum atomic E-state index is 0.757. The average Bonchev–Trinajstić information content (AvgIpc) is 3.03. The van der Waals surface area contributed by atoms with Crippen molar-refractivity contribution in [3.05, 3.63) is 174 Å². The number of hydrogen-bond donors (Lipinski definition) is 1. The third-order valence-electron chi connectivity index (χ3n) is 7.13. The van der Waals surface area contributed by atoms with Gasteiger partial charge < -0.3 is 14.9 Å². The fourth-order valence-electron chi connectivity index (χ4n) is 5.07. The van der Waals surface area contributed by atoms with Gasteiger partial charge in [0.25, 0.3) is 0 Å². The topological polar surface area (TPSA) is 26.7 Å². The van der Waals surface area contributed by atoms with E-state index in [0.29, 0.717) is 0 Å². The molecule has 0 unspecified atom stereocenters. The lowest BCUT2D eigenvalue weighted by atomic mass is 10.0. The number of para-hydroxylation sites is 1. The molecule has 0 radical (unpaired) electrons. The molecule has 3 nitrogen and oxygen atoms in total. The Morgan fingerprint density at radius 2 is 1.35 bits per heavy atom. The van der Waals surface area contributed by atoms with Gasteiger partial charge in [-0.3, -0.25) is 0 Å². The minimum absolute atomic E-state index is 0.757. The molecule has 3 heteroatoms. The third kappa shape index (κ3) is 8.50. The molecule has 0 bridgehead atoms. The Morgan fingerprint density at radius 1 is 0.698 bits per heavy atom. The number of rotatable bonds is 12. The first-order valence-corrected chi connectivity index (χ1v) is 14.9. The molecule has 4 aromatic rings. The summed E-state index contributed by atoms with van der Waals surface area (Å²) >= 11 is 0. The van der Waals surface area contributed by atoms with Crippen LogP contribution in [-0.2, 0) is 0 Å². The highest BCUT2D eigenvalue weighted by Gasteiger charge is 2.13. The van der Waals surface area contributed by atoms with Crippen LogP contribution in [0.5, 0.6) is 0 Å². The van der Waals surface area contributed by atoms with E-state index in [1.54, 1.807) is 6.08 Å². The summed E-state index contributed by atoms with van der Waals surface area (Å²) in [4.78, 5) is 4.57. The number of aryl methyl sites for hydroxylation is 2. The van der Waals surface area contributed by atoms with E-state index in [1.807, 2.05) is 19.1 Å². The number of benzene rings is 4. The highest BCUT2D eigenvalue weighted by Crippen LogP contribution is 2.33. The van der Waals surface area contributed by atoms with Crippen molar-refractivity contribution in [1.29, 1.82) is 0 Å². The smallest absolute Gasteiger partial charge is 0.0791 e. The van der Waals surface area contributed by atoms with E-state index in [1.165, 1.54) is 33.6 Å². The van der Waals surface area contributed by atoms with Gasteiger partial charge in [0.1, 0.15) is 0 Å². The molecule has 4 rings (SSSR count). The van der Waals surface area contributed by atoms with Crippen LogP contribution in [0, 0.1) is 13.8 Å². The molecule has 0 aliphatic rings. The molecular formula is C40H42N2O. The van der Waals surface area contributed by atoms with Crippen molar-refractivity contribution in [2.75, 3.05) is 16.3 Å². The normalized spacial score (nSPS) is 12.5. The Bertz CT molecular complexity index is 1610. The minimum Gasteiger partial charge on any atom is -0.516 e. The molecule has 0 aromatic heterocycles.